The van der Waals surface area contributed by atoms with Gasteiger partial charge in [0.2, 0.25) is 0 Å². The highest BCUT2D eigenvalue weighted by atomic mass is 79.9. The summed E-state index contributed by atoms with van der Waals surface area (Å²) < 4.78 is 6.44. The van der Waals surface area contributed by atoms with Crippen molar-refractivity contribution in [1.29, 1.82) is 0 Å². The summed E-state index contributed by atoms with van der Waals surface area (Å²) in [7, 11) is 0. The Kier molecular flexibility index (Phi) is 6.39. The molecule has 0 amide bonds. The number of nitrogens with two attached hydrogens (primary N) is 1. The number of hydrogen-bond acceptors (Lipinski definition) is 3. The molecule has 2 N–H and O–H groups in total. The van der Waals surface area contributed by atoms with Gasteiger partial charge in [0.25, 0.3) is 0 Å². The maximum absolute atomic E-state index is 5.95. The van der Waals surface area contributed by atoms with Crippen LogP contribution in [0.2, 0.25) is 0 Å². The summed E-state index contributed by atoms with van der Waals surface area (Å²) in [5, 5.41) is 0. The minimum absolute atomic E-state index is 0.168. The van der Waals surface area contributed by atoms with Crippen LogP contribution in [0.25, 0.3) is 0 Å². The molecule has 1 unspecified atom stereocenters. The number of nitrogens with zero attached hydrogens (tertiary/aromatic N) is 1. The number of rotatable bonds is 7. The summed E-state index contributed by atoms with van der Waals surface area (Å²) in [4.78, 5) is 2.43. The second-order valence-corrected chi connectivity index (χ2v) is 6.42. The van der Waals surface area contributed by atoms with Crippen molar-refractivity contribution in [2.75, 3.05) is 19.6 Å². The topological polar surface area (TPSA) is 42.4 Å². The third kappa shape index (κ3) is 4.75. The van der Waals surface area contributed by atoms with Gasteiger partial charge in [-0.05, 0) is 39.9 Å². The number of halogens is 1. The maximum Gasteiger partial charge on any atom is 0.169 e. The van der Waals surface area contributed by atoms with Gasteiger partial charge in [-0.25, -0.2) is 0 Å². The molecule has 0 saturated heterocycles. The van der Waals surface area contributed by atoms with Crippen LogP contribution in [-0.2, 0) is 0 Å². The van der Waals surface area contributed by atoms with Crippen molar-refractivity contribution >= 4 is 15.9 Å². The summed E-state index contributed by atoms with van der Waals surface area (Å²) in [5.74, 6) is 2.19. The molecule has 18 heavy (non-hydrogen) atoms. The normalized spacial score (nSPS) is 13.8. The average Bonchev–Trinajstić information content (AvgIpc) is 2.64. The summed E-state index contributed by atoms with van der Waals surface area (Å²) >= 11 is 3.35. The van der Waals surface area contributed by atoms with E-state index in [1.165, 1.54) is 0 Å². The molecule has 1 atom stereocenters. The van der Waals surface area contributed by atoms with Crippen molar-refractivity contribution in [3.63, 3.8) is 0 Å². The van der Waals surface area contributed by atoms with Gasteiger partial charge in [-0.1, -0.05) is 27.7 Å². The third-order valence-electron chi connectivity index (χ3n) is 2.79. The highest BCUT2D eigenvalue weighted by Gasteiger charge is 2.23. The lowest BCUT2D eigenvalue weighted by atomic mass is 10.1. The molecular formula is C14H25BrN2O. The highest BCUT2D eigenvalue weighted by Crippen LogP contribution is 2.26. The quantitative estimate of drug-likeness (QED) is 0.834. The zero-order chi connectivity index (χ0) is 13.7. The van der Waals surface area contributed by atoms with E-state index < -0.39 is 0 Å². The van der Waals surface area contributed by atoms with Crippen LogP contribution in [-0.4, -0.2) is 24.5 Å². The Hall–Kier alpha value is -0.320. The lowest BCUT2D eigenvalue weighted by Crippen LogP contribution is -2.38. The molecule has 1 aromatic heterocycles. The van der Waals surface area contributed by atoms with Crippen LogP contribution in [0.4, 0.5) is 0 Å². The van der Waals surface area contributed by atoms with Crippen molar-refractivity contribution in [1.82, 2.24) is 4.90 Å². The molecular weight excluding hydrogens is 292 g/mol. The second-order valence-electron chi connectivity index (χ2n) is 5.63. The summed E-state index contributed by atoms with van der Waals surface area (Å²) in [5.41, 5.74) is 5.95. The molecule has 3 nitrogen and oxygen atoms in total. The van der Waals surface area contributed by atoms with Crippen molar-refractivity contribution in [2.24, 2.45) is 17.6 Å². The van der Waals surface area contributed by atoms with Crippen molar-refractivity contribution in [2.45, 2.75) is 33.7 Å². The fourth-order valence-electron chi connectivity index (χ4n) is 2.22. The van der Waals surface area contributed by atoms with Gasteiger partial charge in [0, 0.05) is 19.6 Å². The fraction of sp³-hybridized carbons (Fsp3) is 0.714. The van der Waals surface area contributed by atoms with E-state index in [4.69, 9.17) is 10.2 Å². The Morgan fingerprint density at radius 2 is 1.72 bits per heavy atom. The maximum atomic E-state index is 5.95. The molecule has 1 heterocycles. The van der Waals surface area contributed by atoms with E-state index in [0.717, 1.165) is 23.5 Å². The molecule has 104 valence electrons. The Balaban J connectivity index is 2.85. The molecule has 0 aliphatic heterocycles. The van der Waals surface area contributed by atoms with E-state index >= 15 is 0 Å². The molecule has 0 aliphatic rings. The molecule has 1 rings (SSSR count). The Bertz CT molecular complexity index is 339. The zero-order valence-corrected chi connectivity index (χ0v) is 13.4. The van der Waals surface area contributed by atoms with E-state index in [1.807, 2.05) is 12.1 Å². The van der Waals surface area contributed by atoms with E-state index in [0.29, 0.717) is 18.4 Å². The van der Waals surface area contributed by atoms with Crippen molar-refractivity contribution in [3.8, 4) is 0 Å². The van der Waals surface area contributed by atoms with Crippen LogP contribution < -0.4 is 5.73 Å². The number of hydrogen-bond donors (Lipinski definition) is 1. The molecule has 0 spiro atoms. The van der Waals surface area contributed by atoms with Gasteiger partial charge in [-0.15, -0.1) is 0 Å². The Morgan fingerprint density at radius 3 is 2.06 bits per heavy atom. The third-order valence-corrected chi connectivity index (χ3v) is 3.21. The SMILES string of the molecule is CC(C)CN(CC(C)C)C(CN)c1ccc(Br)o1. The predicted molar refractivity (Wildman–Crippen MR) is 79.5 cm³/mol. The van der Waals surface area contributed by atoms with Crippen LogP contribution in [0.15, 0.2) is 21.2 Å². The van der Waals surface area contributed by atoms with Crippen LogP contribution >= 0.6 is 15.9 Å². The molecule has 0 aliphatic carbocycles. The minimum atomic E-state index is 0.168. The van der Waals surface area contributed by atoms with E-state index in [1.54, 1.807) is 0 Å². The molecule has 0 aromatic carbocycles. The summed E-state index contributed by atoms with van der Waals surface area (Å²) in [6.07, 6.45) is 0. The standard InChI is InChI=1S/C14H25BrN2O/c1-10(2)8-17(9-11(3)4)12(7-16)13-5-6-14(15)18-13/h5-6,10-12H,7-9,16H2,1-4H3. The monoisotopic (exact) mass is 316 g/mol. The lowest BCUT2D eigenvalue weighted by Gasteiger charge is -2.32. The summed E-state index contributed by atoms with van der Waals surface area (Å²) in [6.45, 7) is 11.6. The molecule has 1 aromatic rings. The van der Waals surface area contributed by atoms with Gasteiger partial charge in [0.1, 0.15) is 5.76 Å². The largest absolute Gasteiger partial charge is 0.453 e. The van der Waals surface area contributed by atoms with Crippen molar-refractivity contribution in [3.05, 3.63) is 22.6 Å². The second kappa shape index (κ2) is 7.31. The molecule has 0 saturated carbocycles. The van der Waals surface area contributed by atoms with E-state index in [2.05, 4.69) is 48.5 Å². The summed E-state index contributed by atoms with van der Waals surface area (Å²) in [6, 6.07) is 4.11. The minimum Gasteiger partial charge on any atom is -0.453 e. The van der Waals surface area contributed by atoms with Gasteiger partial charge in [0.05, 0.1) is 6.04 Å². The van der Waals surface area contributed by atoms with Crippen LogP contribution in [0.5, 0.6) is 0 Å². The molecule has 0 radical (unpaired) electrons. The lowest BCUT2D eigenvalue weighted by molar-refractivity contribution is 0.142. The van der Waals surface area contributed by atoms with E-state index in [9.17, 15) is 0 Å². The Morgan fingerprint density at radius 1 is 1.17 bits per heavy atom. The Labute approximate surface area is 119 Å². The smallest absolute Gasteiger partial charge is 0.169 e. The number of furan rings is 1. The van der Waals surface area contributed by atoms with Crippen LogP contribution in [0.1, 0.15) is 39.5 Å². The zero-order valence-electron chi connectivity index (χ0n) is 11.8. The average molecular weight is 317 g/mol. The van der Waals surface area contributed by atoms with Gasteiger partial charge < -0.3 is 10.2 Å². The van der Waals surface area contributed by atoms with Crippen LogP contribution in [0, 0.1) is 11.8 Å². The predicted octanol–water partition coefficient (Wildman–Crippen LogP) is 3.66. The van der Waals surface area contributed by atoms with Gasteiger partial charge in [0.15, 0.2) is 4.67 Å². The first-order chi connectivity index (χ1) is 8.43. The highest BCUT2D eigenvalue weighted by molar-refractivity contribution is 9.10. The molecule has 0 bridgehead atoms. The van der Waals surface area contributed by atoms with E-state index in [-0.39, 0.29) is 6.04 Å². The van der Waals surface area contributed by atoms with Gasteiger partial charge in [-0.3, -0.25) is 4.90 Å². The van der Waals surface area contributed by atoms with Crippen LogP contribution in [0.3, 0.4) is 0 Å². The first kappa shape index (κ1) is 15.7. The first-order valence-corrected chi connectivity index (χ1v) is 7.42. The first-order valence-electron chi connectivity index (χ1n) is 6.63. The molecule has 0 fully saturated rings. The van der Waals surface area contributed by atoms with Gasteiger partial charge in [-0.2, -0.15) is 0 Å². The molecule has 4 heteroatoms. The van der Waals surface area contributed by atoms with Gasteiger partial charge >= 0.3 is 0 Å². The van der Waals surface area contributed by atoms with Crippen molar-refractivity contribution < 1.29 is 4.42 Å². The fourth-order valence-corrected chi connectivity index (χ4v) is 2.54.